The van der Waals surface area contributed by atoms with Crippen molar-refractivity contribution >= 4 is 33.4 Å². The van der Waals surface area contributed by atoms with Gasteiger partial charge in [-0.1, -0.05) is 30.3 Å². The highest BCUT2D eigenvalue weighted by molar-refractivity contribution is 7.16. The smallest absolute Gasteiger partial charge is 0.271 e. The molecule has 0 saturated heterocycles. The summed E-state index contributed by atoms with van der Waals surface area (Å²) in [6, 6.07) is 19.2. The average molecular weight is 504 g/mol. The second-order valence-corrected chi connectivity index (χ2v) is 9.93. The molecule has 2 amide bonds. The number of hydrogen-bond acceptors (Lipinski definition) is 5. The summed E-state index contributed by atoms with van der Waals surface area (Å²) < 4.78 is 13.0. The Labute approximate surface area is 214 Å². The molecule has 1 N–H and O–H groups in total. The molecule has 4 aromatic rings. The fourth-order valence-corrected chi connectivity index (χ4v) is 5.66. The van der Waals surface area contributed by atoms with Crippen molar-refractivity contribution in [1.29, 1.82) is 0 Å². The van der Waals surface area contributed by atoms with Crippen molar-refractivity contribution in [2.45, 2.75) is 39.0 Å². The van der Waals surface area contributed by atoms with Gasteiger partial charge in [0.15, 0.2) is 0 Å². The molecule has 2 aromatic carbocycles. The van der Waals surface area contributed by atoms with Gasteiger partial charge in [-0.3, -0.25) is 9.59 Å². The Morgan fingerprint density at radius 2 is 1.92 bits per heavy atom. The Morgan fingerprint density at radius 1 is 1.14 bits per heavy atom. The molecule has 1 atom stereocenters. The Kier molecular flexibility index (Phi) is 6.45. The van der Waals surface area contributed by atoms with Gasteiger partial charge in [-0.05, 0) is 55.1 Å². The first-order chi connectivity index (χ1) is 17.4. The van der Waals surface area contributed by atoms with Gasteiger partial charge in [-0.15, -0.1) is 11.3 Å². The molecule has 0 saturated carbocycles. The Hall–Kier alpha value is -3.78. The van der Waals surface area contributed by atoms with E-state index >= 15 is 0 Å². The zero-order chi connectivity index (χ0) is 25.3. The lowest BCUT2D eigenvalue weighted by atomic mass is 9.93. The van der Waals surface area contributed by atoms with Gasteiger partial charge in [0.2, 0.25) is 5.91 Å². The van der Waals surface area contributed by atoms with E-state index in [-0.39, 0.29) is 11.8 Å². The van der Waals surface area contributed by atoms with Crippen LogP contribution in [0.1, 0.15) is 35.5 Å². The lowest BCUT2D eigenvalue weighted by molar-refractivity contribution is -0.133. The zero-order valence-electron chi connectivity index (χ0n) is 20.6. The van der Waals surface area contributed by atoms with Crippen LogP contribution in [0.4, 0.5) is 0 Å². The molecule has 0 fully saturated rings. The largest absolute Gasteiger partial charge is 0.496 e. The van der Waals surface area contributed by atoms with Crippen LogP contribution in [-0.4, -0.2) is 40.5 Å². The van der Waals surface area contributed by atoms with Gasteiger partial charge >= 0.3 is 0 Å². The Bertz CT molecular complexity index is 1410. The molecular weight excluding hydrogens is 474 g/mol. The van der Waals surface area contributed by atoms with Crippen LogP contribution in [0.5, 0.6) is 11.5 Å². The van der Waals surface area contributed by atoms with E-state index in [9.17, 15) is 9.59 Å². The number of aromatic nitrogens is 1. The molecule has 0 bridgehead atoms. The van der Waals surface area contributed by atoms with Crippen molar-refractivity contribution in [2.75, 3.05) is 13.7 Å². The molecule has 2 aromatic heterocycles. The zero-order valence-corrected chi connectivity index (χ0v) is 21.4. The van der Waals surface area contributed by atoms with Gasteiger partial charge in [0.05, 0.1) is 20.3 Å². The maximum Gasteiger partial charge on any atom is 0.271 e. The summed E-state index contributed by atoms with van der Waals surface area (Å²) in [5.74, 6) is 1.12. The average Bonchev–Trinajstić information content (AvgIpc) is 3.49. The fraction of sp³-hybridized carbons (Fsp3) is 0.286. The van der Waals surface area contributed by atoms with E-state index in [0.29, 0.717) is 37.7 Å². The van der Waals surface area contributed by atoms with Crippen LogP contribution in [0.3, 0.4) is 0 Å². The molecule has 0 aliphatic carbocycles. The quantitative estimate of drug-likeness (QED) is 0.373. The van der Waals surface area contributed by atoms with Gasteiger partial charge in [0, 0.05) is 24.0 Å². The van der Waals surface area contributed by atoms with E-state index in [2.05, 4.69) is 5.32 Å². The lowest BCUT2D eigenvalue weighted by Crippen LogP contribution is -2.63. The normalized spacial score (nSPS) is 17.2. The summed E-state index contributed by atoms with van der Waals surface area (Å²) in [5, 5.41) is 6.09. The van der Waals surface area contributed by atoms with Crippen LogP contribution in [0, 0.1) is 0 Å². The van der Waals surface area contributed by atoms with Crippen LogP contribution in [0.2, 0.25) is 0 Å². The number of benzene rings is 2. The van der Waals surface area contributed by atoms with E-state index in [4.69, 9.17) is 9.47 Å². The lowest BCUT2D eigenvalue weighted by Gasteiger charge is -2.44. The van der Waals surface area contributed by atoms with E-state index in [0.717, 1.165) is 27.1 Å². The molecule has 8 heteroatoms. The molecule has 1 aliphatic rings. The van der Waals surface area contributed by atoms with E-state index in [1.165, 1.54) is 0 Å². The summed E-state index contributed by atoms with van der Waals surface area (Å²) in [4.78, 5) is 30.3. The molecule has 0 radical (unpaired) electrons. The highest BCUT2D eigenvalue weighted by atomic mass is 32.1. The second-order valence-electron chi connectivity index (χ2n) is 9.03. The number of thiophene rings is 1. The first kappa shape index (κ1) is 23.9. The van der Waals surface area contributed by atoms with Gasteiger partial charge in [0.25, 0.3) is 5.91 Å². The number of carbonyl (C=O) groups excluding carboxylic acids is 2. The van der Waals surface area contributed by atoms with Crippen LogP contribution < -0.4 is 14.8 Å². The highest BCUT2D eigenvalue weighted by Crippen LogP contribution is 2.35. The minimum absolute atomic E-state index is 0.159. The third-order valence-electron chi connectivity index (χ3n) is 6.72. The summed E-state index contributed by atoms with van der Waals surface area (Å²) in [6.45, 7) is 5.35. The minimum atomic E-state index is -1.10. The maximum atomic E-state index is 13.8. The van der Waals surface area contributed by atoms with Crippen LogP contribution in [-0.2, 0) is 24.4 Å². The summed E-state index contributed by atoms with van der Waals surface area (Å²) in [6.07, 6.45) is 0. The SMILES string of the molecule is CCOc1ccc(CN2C(=O)c3cc4ccsc4n3C[C@@]2(C)C(=O)NCc2ccccc2OC)cc1. The monoisotopic (exact) mass is 503 g/mol. The van der Waals surface area contributed by atoms with Crippen molar-refractivity contribution in [2.24, 2.45) is 0 Å². The van der Waals surface area contributed by atoms with Crippen molar-refractivity contribution in [3.8, 4) is 11.5 Å². The van der Waals surface area contributed by atoms with Crippen LogP contribution >= 0.6 is 11.3 Å². The van der Waals surface area contributed by atoms with E-state index in [1.54, 1.807) is 23.3 Å². The van der Waals surface area contributed by atoms with Gasteiger partial charge < -0.3 is 24.3 Å². The first-order valence-corrected chi connectivity index (χ1v) is 12.8. The number of methoxy groups -OCH3 is 1. The Balaban J connectivity index is 1.47. The molecule has 0 spiro atoms. The van der Waals surface area contributed by atoms with Crippen LogP contribution in [0.15, 0.2) is 66.0 Å². The van der Waals surface area contributed by atoms with Gasteiger partial charge in [-0.2, -0.15) is 0 Å². The van der Waals surface area contributed by atoms with Crippen molar-refractivity contribution in [3.05, 3.63) is 82.9 Å². The number of hydrogen-bond donors (Lipinski definition) is 1. The molecule has 36 heavy (non-hydrogen) atoms. The molecule has 3 heterocycles. The van der Waals surface area contributed by atoms with E-state index < -0.39 is 5.54 Å². The van der Waals surface area contributed by atoms with Crippen molar-refractivity contribution in [1.82, 2.24) is 14.8 Å². The Morgan fingerprint density at radius 3 is 2.67 bits per heavy atom. The predicted octanol–water partition coefficient (Wildman–Crippen LogP) is 4.84. The van der Waals surface area contributed by atoms with Gasteiger partial charge in [-0.25, -0.2) is 0 Å². The number of fused-ring (bicyclic) bond motifs is 3. The molecule has 1 aliphatic heterocycles. The molecule has 186 valence electrons. The molecular formula is C28H29N3O4S. The number of para-hydroxylation sites is 1. The maximum absolute atomic E-state index is 13.8. The molecule has 0 unspecified atom stereocenters. The number of amides is 2. The number of rotatable bonds is 8. The summed E-state index contributed by atoms with van der Waals surface area (Å²) in [7, 11) is 1.61. The van der Waals surface area contributed by atoms with E-state index in [1.807, 2.05) is 84.5 Å². The summed E-state index contributed by atoms with van der Waals surface area (Å²) in [5.41, 5.74) is 1.32. The third-order valence-corrected chi connectivity index (χ3v) is 7.68. The van der Waals surface area contributed by atoms with Crippen molar-refractivity contribution in [3.63, 3.8) is 0 Å². The number of ether oxygens (including phenoxy) is 2. The minimum Gasteiger partial charge on any atom is -0.496 e. The number of carbonyl (C=O) groups is 2. The summed E-state index contributed by atoms with van der Waals surface area (Å²) >= 11 is 1.58. The number of nitrogens with zero attached hydrogens (tertiary/aromatic N) is 2. The van der Waals surface area contributed by atoms with Crippen molar-refractivity contribution < 1.29 is 19.1 Å². The fourth-order valence-electron chi connectivity index (χ4n) is 4.76. The van der Waals surface area contributed by atoms with Crippen LogP contribution in [0.25, 0.3) is 10.2 Å². The standard InChI is InChI=1S/C28H29N3O4S/c1-4-35-22-11-9-19(10-12-22)17-31-25(32)23-15-20-13-14-36-26(20)30(23)18-28(31,2)27(33)29-16-21-7-5-6-8-24(21)34-3/h5-15H,4,16-18H2,1-3H3,(H,29,33)/t28-/m0/s1. The van der Waals surface area contributed by atoms with Gasteiger partial charge in [0.1, 0.15) is 27.6 Å². The highest BCUT2D eigenvalue weighted by Gasteiger charge is 2.47. The first-order valence-electron chi connectivity index (χ1n) is 11.9. The molecule has 7 nitrogen and oxygen atoms in total. The molecule has 5 rings (SSSR count). The topological polar surface area (TPSA) is 72.8 Å². The third kappa shape index (κ3) is 4.22. The second kappa shape index (κ2) is 9.70. The number of nitrogens with one attached hydrogen (secondary N) is 1. The predicted molar refractivity (Wildman–Crippen MR) is 141 cm³/mol.